The summed E-state index contributed by atoms with van der Waals surface area (Å²) in [6, 6.07) is 12.3. The second-order valence-corrected chi connectivity index (χ2v) is 12.5. The first kappa shape index (κ1) is 26.8. The van der Waals surface area contributed by atoms with Gasteiger partial charge in [-0.1, -0.05) is 12.1 Å². The van der Waals surface area contributed by atoms with Gasteiger partial charge in [0.05, 0.1) is 0 Å². The SMILES string of the molecule is Cc1cnc(Nc2nc(Sc3ccc(CC(=O)C4CC4)cc3)nc(N3CCN(CCc4ccncc4)CC3)n2)s1. The van der Waals surface area contributed by atoms with Crippen LogP contribution in [0.3, 0.4) is 0 Å². The van der Waals surface area contributed by atoms with Gasteiger partial charge >= 0.3 is 0 Å². The van der Waals surface area contributed by atoms with Crippen molar-refractivity contribution in [2.45, 2.75) is 42.7 Å². The molecule has 2 fully saturated rings. The van der Waals surface area contributed by atoms with Gasteiger partial charge in [-0.15, -0.1) is 11.3 Å². The number of nitrogens with zero attached hydrogens (tertiary/aromatic N) is 7. The summed E-state index contributed by atoms with van der Waals surface area (Å²) in [7, 11) is 0. The number of nitrogens with one attached hydrogen (secondary N) is 1. The van der Waals surface area contributed by atoms with Crippen molar-refractivity contribution in [3.05, 3.63) is 71.0 Å². The maximum Gasteiger partial charge on any atom is 0.234 e. The highest BCUT2D eigenvalue weighted by Gasteiger charge is 2.29. The number of Topliss-reactive ketones (excluding diaryl/α,β-unsaturated/α-hetero) is 1. The summed E-state index contributed by atoms with van der Waals surface area (Å²) in [5.74, 6) is 1.81. The van der Waals surface area contributed by atoms with E-state index in [0.717, 1.165) is 72.5 Å². The van der Waals surface area contributed by atoms with Crippen molar-refractivity contribution in [2.24, 2.45) is 5.92 Å². The van der Waals surface area contributed by atoms with Crippen molar-refractivity contribution in [1.29, 1.82) is 0 Å². The number of carbonyl (C=O) groups excluding carboxylic acids is 1. The predicted octanol–water partition coefficient (Wildman–Crippen LogP) is 4.81. The zero-order chi connectivity index (χ0) is 27.3. The van der Waals surface area contributed by atoms with Crippen LogP contribution in [0.2, 0.25) is 0 Å². The minimum Gasteiger partial charge on any atom is -0.338 e. The zero-order valence-electron chi connectivity index (χ0n) is 22.5. The molecule has 0 bridgehead atoms. The molecule has 1 aliphatic carbocycles. The van der Waals surface area contributed by atoms with E-state index in [9.17, 15) is 4.79 Å². The average molecular weight is 573 g/mol. The van der Waals surface area contributed by atoms with Crippen molar-refractivity contribution in [2.75, 3.05) is 42.9 Å². The van der Waals surface area contributed by atoms with Crippen LogP contribution in [0.25, 0.3) is 0 Å². The van der Waals surface area contributed by atoms with Crippen LogP contribution in [0, 0.1) is 12.8 Å². The van der Waals surface area contributed by atoms with Crippen molar-refractivity contribution < 1.29 is 4.79 Å². The van der Waals surface area contributed by atoms with E-state index >= 15 is 0 Å². The molecule has 206 valence electrons. The molecule has 0 unspecified atom stereocenters. The molecule has 4 heterocycles. The highest BCUT2D eigenvalue weighted by atomic mass is 32.2. The van der Waals surface area contributed by atoms with Crippen LogP contribution in [0.4, 0.5) is 17.0 Å². The van der Waals surface area contributed by atoms with Gasteiger partial charge in [0, 0.05) is 73.4 Å². The number of piperazine rings is 1. The minimum absolute atomic E-state index is 0.286. The van der Waals surface area contributed by atoms with Crippen LogP contribution in [-0.4, -0.2) is 68.3 Å². The van der Waals surface area contributed by atoms with Crippen LogP contribution in [0.1, 0.15) is 28.8 Å². The number of benzene rings is 1. The molecule has 1 saturated carbocycles. The Morgan fingerprint density at radius 1 is 1.00 bits per heavy atom. The lowest BCUT2D eigenvalue weighted by Gasteiger charge is -2.34. The van der Waals surface area contributed by atoms with Gasteiger partial charge in [-0.3, -0.25) is 20.0 Å². The van der Waals surface area contributed by atoms with Gasteiger partial charge in [-0.25, -0.2) is 4.98 Å². The molecule has 2 aliphatic rings. The smallest absolute Gasteiger partial charge is 0.234 e. The number of ketones is 1. The van der Waals surface area contributed by atoms with Gasteiger partial charge in [0.2, 0.25) is 11.9 Å². The molecule has 6 rings (SSSR count). The molecule has 3 aromatic heterocycles. The molecule has 0 radical (unpaired) electrons. The van der Waals surface area contributed by atoms with Crippen molar-refractivity contribution in [3.8, 4) is 0 Å². The van der Waals surface area contributed by atoms with Crippen molar-refractivity contribution >= 4 is 45.9 Å². The van der Waals surface area contributed by atoms with Gasteiger partial charge in [-0.05, 0) is 73.3 Å². The number of hydrogen-bond donors (Lipinski definition) is 1. The van der Waals surface area contributed by atoms with Crippen LogP contribution < -0.4 is 10.2 Å². The third-order valence-electron chi connectivity index (χ3n) is 7.11. The minimum atomic E-state index is 0.286. The first-order valence-corrected chi connectivity index (χ1v) is 15.3. The molecule has 11 heteroatoms. The number of carbonyl (C=O) groups is 1. The van der Waals surface area contributed by atoms with Crippen LogP contribution in [0.15, 0.2) is 65.0 Å². The fourth-order valence-electron chi connectivity index (χ4n) is 4.64. The van der Waals surface area contributed by atoms with Gasteiger partial charge < -0.3 is 4.90 Å². The maximum absolute atomic E-state index is 12.2. The van der Waals surface area contributed by atoms with E-state index in [0.29, 0.717) is 29.3 Å². The van der Waals surface area contributed by atoms with E-state index in [-0.39, 0.29) is 5.92 Å². The van der Waals surface area contributed by atoms with Crippen LogP contribution in [0.5, 0.6) is 0 Å². The number of anilines is 3. The van der Waals surface area contributed by atoms with Gasteiger partial charge in [0.15, 0.2) is 10.3 Å². The average Bonchev–Trinajstić information content (AvgIpc) is 3.75. The van der Waals surface area contributed by atoms with Gasteiger partial charge in [-0.2, -0.15) is 15.0 Å². The van der Waals surface area contributed by atoms with E-state index in [1.54, 1.807) is 11.3 Å². The number of hydrogen-bond acceptors (Lipinski definition) is 11. The summed E-state index contributed by atoms with van der Waals surface area (Å²) in [6.45, 7) is 6.66. The third-order valence-corrected chi connectivity index (χ3v) is 8.81. The molecule has 1 saturated heterocycles. The summed E-state index contributed by atoms with van der Waals surface area (Å²) in [5, 5.41) is 4.66. The Kier molecular flexibility index (Phi) is 8.31. The second kappa shape index (κ2) is 12.4. The molecule has 4 aromatic rings. The monoisotopic (exact) mass is 572 g/mol. The molecule has 0 spiro atoms. The van der Waals surface area contributed by atoms with E-state index in [1.165, 1.54) is 17.3 Å². The molecule has 1 N–H and O–H groups in total. The lowest BCUT2D eigenvalue weighted by atomic mass is 10.1. The fraction of sp³-hybridized carbons (Fsp3) is 0.379. The lowest BCUT2D eigenvalue weighted by molar-refractivity contribution is -0.119. The van der Waals surface area contributed by atoms with Crippen molar-refractivity contribution in [1.82, 2.24) is 29.8 Å². The number of rotatable bonds is 11. The summed E-state index contributed by atoms with van der Waals surface area (Å²) < 4.78 is 0. The normalized spacial score (nSPS) is 15.8. The quantitative estimate of drug-likeness (QED) is 0.269. The lowest BCUT2D eigenvalue weighted by Crippen LogP contribution is -2.47. The van der Waals surface area contributed by atoms with Crippen LogP contribution in [-0.2, 0) is 17.6 Å². The molecule has 1 aromatic carbocycles. The summed E-state index contributed by atoms with van der Waals surface area (Å²) in [4.78, 5) is 41.9. The predicted molar refractivity (Wildman–Crippen MR) is 159 cm³/mol. The Bertz CT molecular complexity index is 1430. The van der Waals surface area contributed by atoms with E-state index in [4.69, 9.17) is 15.0 Å². The van der Waals surface area contributed by atoms with E-state index in [1.807, 2.05) is 49.8 Å². The largest absolute Gasteiger partial charge is 0.338 e. The zero-order valence-corrected chi connectivity index (χ0v) is 24.1. The maximum atomic E-state index is 12.2. The Balaban J connectivity index is 1.14. The first-order valence-electron chi connectivity index (χ1n) is 13.7. The second-order valence-electron chi connectivity index (χ2n) is 10.2. The number of aryl methyl sites for hydroxylation is 1. The molecule has 1 aliphatic heterocycles. The molecule has 40 heavy (non-hydrogen) atoms. The molecule has 9 nitrogen and oxygen atoms in total. The number of aromatic nitrogens is 5. The molecular weight excluding hydrogens is 541 g/mol. The topological polar surface area (TPSA) is 100 Å². The van der Waals surface area contributed by atoms with Gasteiger partial charge in [0.25, 0.3) is 0 Å². The number of pyridine rings is 1. The van der Waals surface area contributed by atoms with Gasteiger partial charge in [0.1, 0.15) is 5.78 Å². The summed E-state index contributed by atoms with van der Waals surface area (Å²) in [6.07, 6.45) is 9.17. The van der Waals surface area contributed by atoms with E-state index in [2.05, 4.69) is 37.2 Å². The number of thiazole rings is 1. The molecule has 0 atom stereocenters. The standard InChI is InChI=1S/C29H32N8OS2/c1-20-19-31-28(39-20)33-26-32-27(37-16-14-36(15-17-37)13-10-21-8-11-30-12-9-21)35-29(34-26)40-24-6-2-22(3-7-24)18-25(38)23-4-5-23/h2-3,6-9,11-12,19,23H,4-5,10,13-18H2,1H3,(H,31,32,33,34,35). The summed E-state index contributed by atoms with van der Waals surface area (Å²) in [5.41, 5.74) is 2.37. The molecular formula is C29H32N8OS2. The fourth-order valence-corrected chi connectivity index (χ4v) is 6.04. The molecule has 0 amide bonds. The van der Waals surface area contributed by atoms with Crippen LogP contribution >= 0.6 is 23.1 Å². The Hall–Kier alpha value is -3.41. The Morgan fingerprint density at radius 3 is 2.48 bits per heavy atom. The first-order chi connectivity index (χ1) is 19.6. The van der Waals surface area contributed by atoms with Crippen molar-refractivity contribution in [3.63, 3.8) is 0 Å². The highest BCUT2D eigenvalue weighted by Crippen LogP contribution is 2.32. The highest BCUT2D eigenvalue weighted by molar-refractivity contribution is 7.99. The van der Waals surface area contributed by atoms with E-state index < -0.39 is 0 Å². The summed E-state index contributed by atoms with van der Waals surface area (Å²) >= 11 is 3.07. The third kappa shape index (κ3) is 7.21. The Labute approximate surface area is 242 Å². The Morgan fingerprint density at radius 2 is 1.77 bits per heavy atom.